The molecule has 0 aliphatic carbocycles. The SMILES string of the molecule is CCCCOc1ccc(C2c3c(oc4ccc(Cl)cc4c3=O)C(=O)N2c2cccc(C)c2)cc1OCC. The first kappa shape index (κ1) is 24.9. The number of fused-ring (bicyclic) bond motifs is 2. The molecule has 6 nitrogen and oxygen atoms in total. The molecule has 0 saturated carbocycles. The number of benzene rings is 3. The molecule has 1 atom stereocenters. The van der Waals surface area contributed by atoms with E-state index in [2.05, 4.69) is 6.92 Å². The zero-order valence-electron chi connectivity index (χ0n) is 21.0. The molecule has 0 bridgehead atoms. The third-order valence-electron chi connectivity index (χ3n) is 6.45. The second kappa shape index (κ2) is 10.3. The van der Waals surface area contributed by atoms with Crippen molar-refractivity contribution >= 4 is 34.2 Å². The van der Waals surface area contributed by atoms with E-state index in [-0.39, 0.29) is 22.7 Å². The number of carbonyl (C=O) groups is 1. The van der Waals surface area contributed by atoms with Gasteiger partial charge >= 0.3 is 0 Å². The first-order valence-electron chi connectivity index (χ1n) is 12.5. The van der Waals surface area contributed by atoms with Gasteiger partial charge in [-0.25, -0.2) is 0 Å². The Morgan fingerprint density at radius 3 is 2.57 bits per heavy atom. The summed E-state index contributed by atoms with van der Waals surface area (Å²) in [5, 5.41) is 0.753. The average molecular weight is 518 g/mol. The molecule has 7 heteroatoms. The van der Waals surface area contributed by atoms with E-state index in [0.717, 1.165) is 18.4 Å². The zero-order chi connectivity index (χ0) is 26.1. The first-order chi connectivity index (χ1) is 17.9. The van der Waals surface area contributed by atoms with E-state index >= 15 is 0 Å². The monoisotopic (exact) mass is 517 g/mol. The molecule has 1 aromatic heterocycles. The maximum Gasteiger partial charge on any atom is 0.295 e. The highest BCUT2D eigenvalue weighted by Crippen LogP contribution is 2.43. The number of halogens is 1. The van der Waals surface area contributed by atoms with Gasteiger partial charge in [-0.3, -0.25) is 14.5 Å². The number of hydrogen-bond donors (Lipinski definition) is 0. The third-order valence-corrected chi connectivity index (χ3v) is 6.69. The van der Waals surface area contributed by atoms with E-state index in [1.54, 1.807) is 23.1 Å². The van der Waals surface area contributed by atoms with Crippen molar-refractivity contribution < 1.29 is 18.7 Å². The molecule has 1 aliphatic heterocycles. The van der Waals surface area contributed by atoms with Crippen molar-refractivity contribution in [3.05, 3.63) is 98.4 Å². The standard InChI is InChI=1S/C30H28ClNO5/c1-4-6-14-36-24-12-10-19(16-25(24)35-5-2)27-26-28(33)22-17-20(31)11-13-23(22)37-29(26)30(34)32(27)21-9-7-8-18(3)15-21/h7-13,15-17,27H,4-6,14H2,1-3H3. The van der Waals surface area contributed by atoms with Gasteiger partial charge in [0.05, 0.1) is 30.2 Å². The van der Waals surface area contributed by atoms with Gasteiger partial charge in [-0.1, -0.05) is 43.1 Å². The lowest BCUT2D eigenvalue weighted by Crippen LogP contribution is -2.29. The van der Waals surface area contributed by atoms with E-state index in [4.69, 9.17) is 25.5 Å². The van der Waals surface area contributed by atoms with Crippen LogP contribution in [-0.2, 0) is 0 Å². The molecule has 0 saturated heterocycles. The Morgan fingerprint density at radius 2 is 1.81 bits per heavy atom. The van der Waals surface area contributed by atoms with E-state index in [1.807, 2.05) is 56.3 Å². The predicted octanol–water partition coefficient (Wildman–Crippen LogP) is 7.08. The fourth-order valence-electron chi connectivity index (χ4n) is 4.71. The first-order valence-corrected chi connectivity index (χ1v) is 12.9. The number of carbonyl (C=O) groups excluding carboxylic acids is 1. The number of nitrogens with zero attached hydrogens (tertiary/aromatic N) is 1. The van der Waals surface area contributed by atoms with Gasteiger partial charge in [-0.2, -0.15) is 0 Å². The molecule has 1 unspecified atom stereocenters. The van der Waals surface area contributed by atoms with Gasteiger partial charge in [0.25, 0.3) is 5.91 Å². The van der Waals surface area contributed by atoms with Crippen molar-refractivity contribution in [1.29, 1.82) is 0 Å². The quantitative estimate of drug-likeness (QED) is 0.233. The maximum atomic E-state index is 13.8. The van der Waals surface area contributed by atoms with Crippen LogP contribution in [0.3, 0.4) is 0 Å². The van der Waals surface area contributed by atoms with Crippen LogP contribution in [0.4, 0.5) is 5.69 Å². The zero-order valence-corrected chi connectivity index (χ0v) is 21.8. The van der Waals surface area contributed by atoms with Crippen molar-refractivity contribution in [1.82, 2.24) is 0 Å². The van der Waals surface area contributed by atoms with Gasteiger partial charge in [0, 0.05) is 10.7 Å². The topological polar surface area (TPSA) is 69.0 Å². The molecule has 37 heavy (non-hydrogen) atoms. The number of ether oxygens (including phenoxy) is 2. The predicted molar refractivity (Wildman–Crippen MR) is 145 cm³/mol. The molecule has 5 rings (SSSR count). The Hall–Kier alpha value is -3.77. The summed E-state index contributed by atoms with van der Waals surface area (Å²) >= 11 is 6.20. The summed E-state index contributed by atoms with van der Waals surface area (Å²) in [4.78, 5) is 29.3. The van der Waals surface area contributed by atoms with Crippen molar-refractivity contribution in [3.8, 4) is 11.5 Å². The molecule has 4 aromatic rings. The summed E-state index contributed by atoms with van der Waals surface area (Å²) in [5.74, 6) is 0.853. The molecule has 190 valence electrons. The minimum absolute atomic E-state index is 0.0348. The second-order valence-corrected chi connectivity index (χ2v) is 9.51. The van der Waals surface area contributed by atoms with Crippen LogP contribution in [0.15, 0.2) is 69.9 Å². The molecule has 2 heterocycles. The minimum atomic E-state index is -0.715. The van der Waals surface area contributed by atoms with E-state index in [0.29, 0.717) is 52.0 Å². The van der Waals surface area contributed by atoms with Crippen LogP contribution in [0.2, 0.25) is 5.02 Å². The lowest BCUT2D eigenvalue weighted by molar-refractivity contribution is 0.0971. The highest BCUT2D eigenvalue weighted by molar-refractivity contribution is 6.31. The average Bonchev–Trinajstić information content (AvgIpc) is 3.18. The van der Waals surface area contributed by atoms with Gasteiger partial charge in [0.2, 0.25) is 5.76 Å². The molecule has 0 N–H and O–H groups in total. The lowest BCUT2D eigenvalue weighted by atomic mass is 9.97. The minimum Gasteiger partial charge on any atom is -0.490 e. The number of rotatable bonds is 8. The number of hydrogen-bond acceptors (Lipinski definition) is 5. The van der Waals surface area contributed by atoms with Gasteiger partial charge in [0.15, 0.2) is 16.9 Å². The Kier molecular flexibility index (Phi) is 6.94. The highest BCUT2D eigenvalue weighted by atomic mass is 35.5. The van der Waals surface area contributed by atoms with Gasteiger partial charge in [-0.05, 0) is 73.9 Å². The smallest absolute Gasteiger partial charge is 0.295 e. The fraction of sp³-hybridized carbons (Fsp3) is 0.267. The lowest BCUT2D eigenvalue weighted by Gasteiger charge is -2.26. The molecule has 0 spiro atoms. The number of anilines is 1. The Balaban J connectivity index is 1.72. The largest absolute Gasteiger partial charge is 0.490 e. The number of amides is 1. The summed E-state index contributed by atoms with van der Waals surface area (Å²) in [6.07, 6.45) is 1.94. The summed E-state index contributed by atoms with van der Waals surface area (Å²) < 4.78 is 17.9. The maximum absolute atomic E-state index is 13.8. The Bertz CT molecular complexity index is 1540. The van der Waals surface area contributed by atoms with Crippen LogP contribution in [-0.4, -0.2) is 19.1 Å². The van der Waals surface area contributed by atoms with E-state index < -0.39 is 6.04 Å². The third kappa shape index (κ3) is 4.58. The molecule has 0 radical (unpaired) electrons. The molecular formula is C30H28ClNO5. The molecular weight excluding hydrogens is 490 g/mol. The van der Waals surface area contributed by atoms with Crippen LogP contribution in [0, 0.1) is 6.92 Å². The molecule has 3 aromatic carbocycles. The van der Waals surface area contributed by atoms with Crippen LogP contribution in [0.25, 0.3) is 11.0 Å². The van der Waals surface area contributed by atoms with Crippen LogP contribution < -0.4 is 19.8 Å². The van der Waals surface area contributed by atoms with E-state index in [1.165, 1.54) is 0 Å². The van der Waals surface area contributed by atoms with Crippen LogP contribution in [0.1, 0.15) is 60.0 Å². The number of unbranched alkanes of at least 4 members (excludes halogenated alkanes) is 1. The molecule has 1 aliphatic rings. The summed E-state index contributed by atoms with van der Waals surface area (Å²) in [6, 6.07) is 17.3. The van der Waals surface area contributed by atoms with Crippen molar-refractivity contribution in [2.75, 3.05) is 18.1 Å². The summed E-state index contributed by atoms with van der Waals surface area (Å²) in [7, 11) is 0. The van der Waals surface area contributed by atoms with Gasteiger partial charge in [0.1, 0.15) is 5.58 Å². The van der Waals surface area contributed by atoms with Crippen LogP contribution >= 0.6 is 11.6 Å². The van der Waals surface area contributed by atoms with Crippen molar-refractivity contribution in [2.24, 2.45) is 0 Å². The van der Waals surface area contributed by atoms with Gasteiger partial charge < -0.3 is 13.9 Å². The van der Waals surface area contributed by atoms with Crippen molar-refractivity contribution in [3.63, 3.8) is 0 Å². The van der Waals surface area contributed by atoms with Crippen LogP contribution in [0.5, 0.6) is 11.5 Å². The normalized spacial score (nSPS) is 14.8. The van der Waals surface area contributed by atoms with Gasteiger partial charge in [-0.15, -0.1) is 0 Å². The summed E-state index contributed by atoms with van der Waals surface area (Å²) in [5.41, 5.74) is 2.70. The molecule has 0 fully saturated rings. The van der Waals surface area contributed by atoms with E-state index in [9.17, 15) is 9.59 Å². The Morgan fingerprint density at radius 1 is 0.973 bits per heavy atom. The fourth-order valence-corrected chi connectivity index (χ4v) is 4.89. The van der Waals surface area contributed by atoms with Crippen molar-refractivity contribution in [2.45, 2.75) is 39.7 Å². The highest BCUT2D eigenvalue weighted by Gasteiger charge is 2.44. The second-order valence-electron chi connectivity index (χ2n) is 9.07. The summed E-state index contributed by atoms with van der Waals surface area (Å²) in [6.45, 7) is 6.99. The number of aryl methyl sites for hydroxylation is 1. The molecule has 1 amide bonds. The Labute approximate surface area is 220 Å².